The number of hydrogen-bond donors (Lipinski definition) is 2. The summed E-state index contributed by atoms with van der Waals surface area (Å²) in [5.74, 6) is 1.40. The number of hydrazine groups is 1. The lowest BCUT2D eigenvalue weighted by molar-refractivity contribution is -0.488. The number of phenolic OH excluding ortho intramolecular Hbond substituents is 1. The van der Waals surface area contributed by atoms with E-state index in [0.717, 1.165) is 32.9 Å². The predicted octanol–water partition coefficient (Wildman–Crippen LogP) is 5.05. The molecule has 4 aromatic carbocycles. The first-order valence-corrected chi connectivity index (χ1v) is 11.9. The van der Waals surface area contributed by atoms with E-state index in [0.29, 0.717) is 24.7 Å². The van der Waals surface area contributed by atoms with Gasteiger partial charge >= 0.3 is 0 Å². The standard InChI is InChI=1S/C28H26N6O2/c1-3-33(18-25-23-12-8-6-9-20(23)13-15-26(25)35)32-28-31-29-19-34(28)30-17-24-22-11-7-5-10-21(22)14-16-27(24)36-4-2/h5-19H,3-4H2,1-2H3,(H,31,32)/p+1/b30-17+. The zero-order valence-electron chi connectivity index (χ0n) is 20.2. The Balaban J connectivity index is 1.48. The van der Waals surface area contributed by atoms with Crippen LogP contribution < -0.4 is 10.2 Å². The van der Waals surface area contributed by atoms with Crippen molar-refractivity contribution in [1.29, 1.82) is 0 Å². The number of benzene rings is 4. The Labute approximate surface area is 208 Å². The van der Waals surface area contributed by atoms with Crippen molar-refractivity contribution in [3.63, 3.8) is 0 Å². The lowest BCUT2D eigenvalue weighted by Gasteiger charge is -2.10. The molecule has 0 aliphatic carbocycles. The lowest BCUT2D eigenvalue weighted by Crippen LogP contribution is -2.22. The molecule has 5 rings (SSSR count). The van der Waals surface area contributed by atoms with E-state index in [4.69, 9.17) is 4.74 Å². The first-order valence-electron chi connectivity index (χ1n) is 11.9. The maximum atomic E-state index is 10.5. The predicted molar refractivity (Wildman–Crippen MR) is 143 cm³/mol. The first-order chi connectivity index (χ1) is 17.7. The van der Waals surface area contributed by atoms with E-state index < -0.39 is 0 Å². The number of rotatable bonds is 8. The van der Waals surface area contributed by atoms with Crippen molar-refractivity contribution < 1.29 is 14.5 Å². The highest BCUT2D eigenvalue weighted by molar-refractivity contribution is 6.02. The number of phenols is 1. The number of nitrogens with zero attached hydrogens (tertiary/aromatic N) is 5. The number of aromatic hydroxyl groups is 1. The second kappa shape index (κ2) is 10.3. The zero-order chi connectivity index (χ0) is 24.9. The van der Waals surface area contributed by atoms with Crippen LogP contribution in [0.5, 0.6) is 11.5 Å². The highest BCUT2D eigenvalue weighted by Crippen LogP contribution is 2.27. The van der Waals surface area contributed by atoms with Gasteiger partial charge in [-0.25, -0.2) is 0 Å². The minimum absolute atomic E-state index is 0.202. The molecule has 8 heteroatoms. The monoisotopic (exact) mass is 479 g/mol. The molecule has 8 nitrogen and oxygen atoms in total. The summed E-state index contributed by atoms with van der Waals surface area (Å²) in [6.07, 6.45) is 5.16. The third-order valence-electron chi connectivity index (χ3n) is 5.89. The van der Waals surface area contributed by atoms with Gasteiger partial charge in [0.15, 0.2) is 6.54 Å². The summed E-state index contributed by atoms with van der Waals surface area (Å²) in [5.41, 5.74) is 4.84. The Bertz CT molecular complexity index is 1590. The molecule has 0 spiro atoms. The topological polar surface area (TPSA) is 87.6 Å². The number of fused-ring (bicyclic) bond motifs is 2. The molecule has 0 atom stereocenters. The molecule has 5 aromatic rings. The summed E-state index contributed by atoms with van der Waals surface area (Å²) in [7, 11) is 0. The van der Waals surface area contributed by atoms with Gasteiger partial charge in [-0.3, -0.25) is 0 Å². The molecule has 0 fully saturated rings. The van der Waals surface area contributed by atoms with Crippen molar-refractivity contribution in [3.05, 3.63) is 90.3 Å². The molecular formula is C28H27N6O2+. The lowest BCUT2D eigenvalue weighted by atomic mass is 10.0. The Morgan fingerprint density at radius 1 is 0.944 bits per heavy atom. The average molecular weight is 480 g/mol. The quantitative estimate of drug-likeness (QED) is 0.185. The summed E-state index contributed by atoms with van der Waals surface area (Å²) in [6, 6.07) is 23.7. The van der Waals surface area contributed by atoms with Crippen molar-refractivity contribution in [2.24, 2.45) is 5.10 Å². The Morgan fingerprint density at radius 3 is 2.36 bits per heavy atom. The number of hydrazone groups is 1. The van der Waals surface area contributed by atoms with Gasteiger partial charge in [-0.2, -0.15) is 9.78 Å². The van der Waals surface area contributed by atoms with Crippen molar-refractivity contribution >= 4 is 39.9 Å². The highest BCUT2D eigenvalue weighted by atomic mass is 16.5. The van der Waals surface area contributed by atoms with E-state index in [2.05, 4.69) is 32.9 Å². The van der Waals surface area contributed by atoms with Crippen LogP contribution in [-0.2, 0) is 0 Å². The third kappa shape index (κ3) is 4.61. The fraction of sp³-hybridized carbons (Fsp3) is 0.143. The van der Waals surface area contributed by atoms with Crippen LogP contribution in [0, 0.1) is 0 Å². The second-order valence-corrected chi connectivity index (χ2v) is 8.12. The van der Waals surface area contributed by atoms with E-state index in [1.165, 1.54) is 6.33 Å². The summed E-state index contributed by atoms with van der Waals surface area (Å²) in [4.78, 5) is 0. The molecule has 0 saturated heterocycles. The van der Waals surface area contributed by atoms with Gasteiger partial charge in [0.2, 0.25) is 6.21 Å². The normalized spacial score (nSPS) is 12.0. The molecule has 2 N–H and O–H groups in total. The van der Waals surface area contributed by atoms with Gasteiger partial charge in [-0.1, -0.05) is 60.7 Å². The van der Waals surface area contributed by atoms with Gasteiger partial charge in [-0.15, -0.1) is 20.3 Å². The molecule has 0 aliphatic heterocycles. The zero-order valence-corrected chi connectivity index (χ0v) is 20.2. The first kappa shape index (κ1) is 23.0. The van der Waals surface area contributed by atoms with Gasteiger partial charge in [0, 0.05) is 5.56 Å². The van der Waals surface area contributed by atoms with Crippen LogP contribution in [0.1, 0.15) is 25.0 Å². The van der Waals surface area contributed by atoms with Crippen LogP contribution in [0.2, 0.25) is 0 Å². The molecule has 1 heterocycles. The molecule has 36 heavy (non-hydrogen) atoms. The van der Waals surface area contributed by atoms with Crippen LogP contribution >= 0.6 is 0 Å². The van der Waals surface area contributed by atoms with Gasteiger partial charge in [0.25, 0.3) is 5.95 Å². The molecule has 0 unspecified atom stereocenters. The van der Waals surface area contributed by atoms with Gasteiger partial charge in [-0.05, 0) is 47.5 Å². The fourth-order valence-corrected chi connectivity index (χ4v) is 4.10. The van der Waals surface area contributed by atoms with E-state index in [1.807, 2.05) is 79.3 Å². The average Bonchev–Trinajstić information content (AvgIpc) is 3.35. The maximum absolute atomic E-state index is 10.5. The van der Waals surface area contributed by atoms with Crippen LogP contribution in [0.3, 0.4) is 0 Å². The molecule has 0 aliphatic rings. The Morgan fingerprint density at radius 2 is 1.64 bits per heavy atom. The van der Waals surface area contributed by atoms with Crippen molar-refractivity contribution in [2.45, 2.75) is 13.8 Å². The van der Waals surface area contributed by atoms with E-state index in [-0.39, 0.29) is 5.75 Å². The van der Waals surface area contributed by atoms with Crippen molar-refractivity contribution in [1.82, 2.24) is 14.9 Å². The summed E-state index contributed by atoms with van der Waals surface area (Å²) in [6.45, 7) is 5.12. The van der Waals surface area contributed by atoms with Crippen LogP contribution in [-0.4, -0.2) is 50.2 Å². The minimum Gasteiger partial charge on any atom is -0.507 e. The number of hydrogen-bond acceptors (Lipinski definition) is 6. The molecule has 0 radical (unpaired) electrons. The van der Waals surface area contributed by atoms with Gasteiger partial charge in [0.05, 0.1) is 18.4 Å². The second-order valence-electron chi connectivity index (χ2n) is 8.12. The largest absolute Gasteiger partial charge is 0.507 e. The molecular weight excluding hydrogens is 452 g/mol. The van der Waals surface area contributed by atoms with E-state index in [9.17, 15) is 5.11 Å². The number of ether oxygens (including phenoxy) is 1. The molecule has 0 saturated carbocycles. The maximum Gasteiger partial charge on any atom is 0.300 e. The summed E-state index contributed by atoms with van der Waals surface area (Å²) < 4.78 is 9.26. The Kier molecular flexibility index (Phi) is 6.57. The van der Waals surface area contributed by atoms with Gasteiger partial charge < -0.3 is 9.84 Å². The smallest absolute Gasteiger partial charge is 0.300 e. The SMILES string of the molecule is CCOc1ccc2ccccc2c1/C=N/n1cnnc1N/[N+](=C/c1c(O)ccc2ccccc12)CC. The Hall–Kier alpha value is -4.72. The van der Waals surface area contributed by atoms with Crippen LogP contribution in [0.15, 0.2) is 84.2 Å². The van der Waals surface area contributed by atoms with Crippen molar-refractivity contribution in [2.75, 3.05) is 18.6 Å². The molecule has 1 aromatic heterocycles. The number of nitrogens with one attached hydrogen (secondary N) is 1. The van der Waals surface area contributed by atoms with Crippen LogP contribution in [0.25, 0.3) is 21.5 Å². The summed E-state index contributed by atoms with van der Waals surface area (Å²) >= 11 is 0. The number of aromatic nitrogens is 3. The van der Waals surface area contributed by atoms with Crippen molar-refractivity contribution in [3.8, 4) is 11.5 Å². The van der Waals surface area contributed by atoms with Gasteiger partial charge in [0.1, 0.15) is 17.8 Å². The van der Waals surface area contributed by atoms with E-state index >= 15 is 0 Å². The minimum atomic E-state index is 0.202. The molecule has 0 bridgehead atoms. The highest BCUT2D eigenvalue weighted by Gasteiger charge is 2.14. The van der Waals surface area contributed by atoms with E-state index in [1.54, 1.807) is 17.0 Å². The molecule has 0 amide bonds. The van der Waals surface area contributed by atoms with Crippen LogP contribution in [0.4, 0.5) is 5.95 Å². The summed E-state index contributed by atoms with van der Waals surface area (Å²) in [5, 5.41) is 27.6. The fourth-order valence-electron chi connectivity index (χ4n) is 4.10. The molecule has 180 valence electrons. The third-order valence-corrected chi connectivity index (χ3v) is 5.89. The number of anilines is 1.